The number of benzene rings is 2. The molecule has 2 aromatic carbocycles. The van der Waals surface area contributed by atoms with E-state index in [0.29, 0.717) is 37.2 Å². The third-order valence-electron chi connectivity index (χ3n) is 5.25. The highest BCUT2D eigenvalue weighted by Gasteiger charge is 2.36. The molecule has 0 unspecified atom stereocenters. The van der Waals surface area contributed by atoms with Gasteiger partial charge < -0.3 is 30.4 Å². The number of rotatable bonds is 13. The Balaban J connectivity index is 2.31. The van der Waals surface area contributed by atoms with E-state index < -0.39 is 17.8 Å². The van der Waals surface area contributed by atoms with Gasteiger partial charge in [-0.2, -0.15) is 0 Å². The van der Waals surface area contributed by atoms with Crippen LogP contribution in [0.15, 0.2) is 48.5 Å². The van der Waals surface area contributed by atoms with Crippen molar-refractivity contribution in [1.82, 2.24) is 0 Å². The summed E-state index contributed by atoms with van der Waals surface area (Å²) in [6.45, 7) is 0.248. The van der Waals surface area contributed by atoms with Crippen LogP contribution in [0, 0.1) is 0 Å². The summed E-state index contributed by atoms with van der Waals surface area (Å²) in [6.07, 6.45) is 1.87. The van der Waals surface area contributed by atoms with Crippen molar-refractivity contribution in [3.63, 3.8) is 0 Å². The van der Waals surface area contributed by atoms with Crippen molar-refractivity contribution in [2.75, 3.05) is 20.8 Å². The van der Waals surface area contributed by atoms with Gasteiger partial charge in [-0.15, -0.1) is 0 Å². The predicted molar refractivity (Wildman–Crippen MR) is 121 cm³/mol. The number of para-hydroxylation sites is 2. The van der Waals surface area contributed by atoms with E-state index in [-0.39, 0.29) is 6.61 Å². The van der Waals surface area contributed by atoms with Gasteiger partial charge in [0.1, 0.15) is 17.1 Å². The summed E-state index contributed by atoms with van der Waals surface area (Å²) in [7, 11) is 3.21. The molecule has 2 aromatic rings. The highest BCUT2D eigenvalue weighted by molar-refractivity contribution is 5.65. The van der Waals surface area contributed by atoms with E-state index in [1.165, 1.54) is 0 Å². The highest BCUT2D eigenvalue weighted by Crippen LogP contribution is 2.34. The number of amides is 2. The first-order chi connectivity index (χ1) is 15.4. The first kappa shape index (κ1) is 24.8. The van der Waals surface area contributed by atoms with Crippen molar-refractivity contribution in [1.29, 1.82) is 0 Å². The van der Waals surface area contributed by atoms with E-state index in [0.717, 1.165) is 24.0 Å². The lowest BCUT2D eigenvalue weighted by Gasteiger charge is -2.34. The van der Waals surface area contributed by atoms with Crippen LogP contribution in [0.4, 0.5) is 9.59 Å². The molecule has 174 valence electrons. The maximum absolute atomic E-state index is 12.0. The Kier molecular flexibility index (Phi) is 9.66. The lowest BCUT2D eigenvalue weighted by molar-refractivity contribution is 0.00680. The Morgan fingerprint density at radius 3 is 1.78 bits per heavy atom. The number of carbonyl (C=O) groups is 2. The van der Waals surface area contributed by atoms with E-state index in [4.69, 9.17) is 30.4 Å². The Morgan fingerprint density at radius 1 is 0.781 bits per heavy atom. The first-order valence-electron chi connectivity index (χ1n) is 10.5. The van der Waals surface area contributed by atoms with Gasteiger partial charge in [0.2, 0.25) is 0 Å². The van der Waals surface area contributed by atoms with Crippen molar-refractivity contribution >= 4 is 12.2 Å². The summed E-state index contributed by atoms with van der Waals surface area (Å²) >= 11 is 0. The number of primary amides is 2. The van der Waals surface area contributed by atoms with Gasteiger partial charge in [0.15, 0.2) is 0 Å². The topological polar surface area (TPSA) is 123 Å². The van der Waals surface area contributed by atoms with Gasteiger partial charge in [-0.3, -0.25) is 0 Å². The summed E-state index contributed by atoms with van der Waals surface area (Å²) in [5.74, 6) is 1.42. The fraction of sp³-hybridized carbons (Fsp3) is 0.417. The second kappa shape index (κ2) is 12.4. The summed E-state index contributed by atoms with van der Waals surface area (Å²) in [5.41, 5.74) is 11.4. The van der Waals surface area contributed by atoms with Crippen LogP contribution in [0.1, 0.15) is 36.8 Å². The number of hydrogen-bond donors (Lipinski definition) is 2. The molecule has 0 aliphatic carbocycles. The molecule has 0 atom stereocenters. The van der Waals surface area contributed by atoms with Crippen molar-refractivity contribution in [2.45, 2.75) is 44.1 Å². The normalized spacial score (nSPS) is 10.9. The van der Waals surface area contributed by atoms with Crippen molar-refractivity contribution in [3.8, 4) is 11.5 Å². The quantitative estimate of drug-likeness (QED) is 0.451. The van der Waals surface area contributed by atoms with Crippen LogP contribution in [0.5, 0.6) is 11.5 Å². The Hall–Kier alpha value is -3.42. The molecule has 0 aromatic heterocycles. The molecule has 2 rings (SSSR count). The van der Waals surface area contributed by atoms with Crippen molar-refractivity contribution in [3.05, 3.63) is 59.7 Å². The molecule has 0 saturated carbocycles. The molecule has 0 bridgehead atoms. The average molecular weight is 445 g/mol. The SMILES string of the molecule is COc1ccccc1CC(CCCCCOC(N)=O)(Cc1ccccc1OC)OC(N)=O. The molecule has 4 N–H and O–H groups in total. The van der Waals surface area contributed by atoms with Crippen LogP contribution in [0.3, 0.4) is 0 Å². The van der Waals surface area contributed by atoms with Gasteiger partial charge in [-0.1, -0.05) is 36.4 Å². The van der Waals surface area contributed by atoms with Crippen molar-refractivity contribution in [2.24, 2.45) is 11.5 Å². The number of carbonyl (C=O) groups excluding carboxylic acids is 2. The zero-order chi connectivity index (χ0) is 23.4. The van der Waals surface area contributed by atoms with Gasteiger partial charge in [0, 0.05) is 12.8 Å². The maximum Gasteiger partial charge on any atom is 0.405 e. The fourth-order valence-corrected chi connectivity index (χ4v) is 3.87. The third kappa shape index (κ3) is 7.68. The standard InChI is InChI=1S/C24H32N2O6/c1-29-20-12-6-4-10-18(20)16-24(32-23(26)28,14-8-3-9-15-31-22(25)27)17-19-11-5-7-13-21(19)30-2/h4-7,10-13H,3,8-9,14-17H2,1-2H3,(H2,25,27)(H2,26,28). The van der Waals surface area contributed by atoms with E-state index in [9.17, 15) is 9.59 Å². The molecule has 0 heterocycles. The average Bonchev–Trinajstić information content (AvgIpc) is 2.76. The summed E-state index contributed by atoms with van der Waals surface area (Å²) in [4.78, 5) is 22.7. The first-order valence-corrected chi connectivity index (χ1v) is 10.5. The van der Waals surface area contributed by atoms with E-state index in [2.05, 4.69) is 0 Å². The molecule has 0 aliphatic heterocycles. The molecular formula is C24H32N2O6. The number of hydrogen-bond acceptors (Lipinski definition) is 6. The van der Waals surface area contributed by atoms with Gasteiger partial charge in [-0.05, 0) is 48.9 Å². The largest absolute Gasteiger partial charge is 0.496 e. The number of unbranched alkanes of at least 4 members (excludes halogenated alkanes) is 2. The fourth-order valence-electron chi connectivity index (χ4n) is 3.87. The zero-order valence-corrected chi connectivity index (χ0v) is 18.7. The zero-order valence-electron chi connectivity index (χ0n) is 18.7. The van der Waals surface area contributed by atoms with Crippen LogP contribution in [-0.2, 0) is 22.3 Å². The number of nitrogens with two attached hydrogens (primary N) is 2. The summed E-state index contributed by atoms with van der Waals surface area (Å²) in [6, 6.07) is 15.2. The van der Waals surface area contributed by atoms with Gasteiger partial charge in [0.25, 0.3) is 0 Å². The second-order valence-electron chi connectivity index (χ2n) is 7.56. The van der Waals surface area contributed by atoms with E-state index >= 15 is 0 Å². The smallest absolute Gasteiger partial charge is 0.405 e. The minimum Gasteiger partial charge on any atom is -0.496 e. The molecule has 0 fully saturated rings. The molecule has 0 saturated heterocycles. The molecule has 0 spiro atoms. The van der Waals surface area contributed by atoms with Gasteiger partial charge in [0.05, 0.1) is 20.8 Å². The highest BCUT2D eigenvalue weighted by atomic mass is 16.6. The lowest BCUT2D eigenvalue weighted by Crippen LogP contribution is -2.42. The van der Waals surface area contributed by atoms with Crippen LogP contribution in [0.2, 0.25) is 0 Å². The third-order valence-corrected chi connectivity index (χ3v) is 5.25. The van der Waals surface area contributed by atoms with Gasteiger partial charge in [-0.25, -0.2) is 9.59 Å². The van der Waals surface area contributed by atoms with Gasteiger partial charge >= 0.3 is 12.2 Å². The van der Waals surface area contributed by atoms with Crippen LogP contribution in [-0.4, -0.2) is 38.6 Å². The minimum atomic E-state index is -0.917. The Bertz CT molecular complexity index is 837. The Labute approximate surface area is 188 Å². The van der Waals surface area contributed by atoms with E-state index in [1.807, 2.05) is 48.5 Å². The van der Waals surface area contributed by atoms with Crippen LogP contribution in [0.25, 0.3) is 0 Å². The predicted octanol–water partition coefficient (Wildman–Crippen LogP) is 3.98. The molecule has 32 heavy (non-hydrogen) atoms. The minimum absolute atomic E-state index is 0.248. The summed E-state index contributed by atoms with van der Waals surface area (Å²) in [5, 5.41) is 0. The van der Waals surface area contributed by atoms with E-state index in [1.54, 1.807) is 14.2 Å². The second-order valence-corrected chi connectivity index (χ2v) is 7.56. The Morgan fingerprint density at radius 2 is 1.31 bits per heavy atom. The monoisotopic (exact) mass is 444 g/mol. The van der Waals surface area contributed by atoms with Crippen molar-refractivity contribution < 1.29 is 28.5 Å². The molecule has 8 nitrogen and oxygen atoms in total. The molecule has 0 radical (unpaired) electrons. The molecule has 8 heteroatoms. The maximum atomic E-state index is 12.0. The number of ether oxygens (including phenoxy) is 4. The molecular weight excluding hydrogens is 412 g/mol. The lowest BCUT2D eigenvalue weighted by atomic mass is 9.83. The molecule has 0 aliphatic rings. The number of methoxy groups -OCH3 is 2. The van der Waals surface area contributed by atoms with Crippen LogP contribution < -0.4 is 20.9 Å². The van der Waals surface area contributed by atoms with Crippen LogP contribution >= 0.6 is 0 Å². The summed E-state index contributed by atoms with van der Waals surface area (Å²) < 4.78 is 21.6. The molecule has 2 amide bonds.